The van der Waals surface area contributed by atoms with Gasteiger partial charge in [0.15, 0.2) is 18.3 Å². The van der Waals surface area contributed by atoms with Crippen LogP contribution in [0, 0.1) is 34.0 Å². The summed E-state index contributed by atoms with van der Waals surface area (Å²) in [6.45, 7) is 5.39. The van der Waals surface area contributed by atoms with E-state index in [1.165, 1.54) is 0 Å². The van der Waals surface area contributed by atoms with Gasteiger partial charge in [-0.2, -0.15) is 15.8 Å². The Morgan fingerprint density at radius 1 is 0.737 bits per heavy atom. The molecule has 0 rings (SSSR count). The lowest BCUT2D eigenvalue weighted by Crippen LogP contribution is -2.15. The summed E-state index contributed by atoms with van der Waals surface area (Å²) in [7, 11) is -1.88. The fourth-order valence-corrected chi connectivity index (χ4v) is 2.32. The van der Waals surface area contributed by atoms with Gasteiger partial charge in [-0.25, -0.2) is 0 Å². The van der Waals surface area contributed by atoms with Gasteiger partial charge < -0.3 is 0 Å². The Kier molecular flexibility index (Phi) is 9.99. The maximum atomic E-state index is 8.87. The van der Waals surface area contributed by atoms with Crippen molar-refractivity contribution in [1.82, 2.24) is 0 Å². The lowest BCUT2D eigenvalue weighted by atomic mass is 10.3. The third kappa shape index (κ3) is 7.06. The average molecular weight is 283 g/mol. The van der Waals surface area contributed by atoms with E-state index in [4.69, 9.17) is 29.4 Å². The van der Waals surface area contributed by atoms with Crippen molar-refractivity contribution in [2.75, 3.05) is 0 Å². The van der Waals surface area contributed by atoms with E-state index in [1.807, 2.05) is 18.2 Å². The first-order valence-electron chi connectivity index (χ1n) is 6.14. The summed E-state index contributed by atoms with van der Waals surface area (Å²) in [6.07, 6.45) is -0.561. The lowest BCUT2D eigenvalue weighted by Gasteiger charge is -2.22. The molecule has 0 spiro atoms. The molecule has 7 heteroatoms. The van der Waals surface area contributed by atoms with Gasteiger partial charge in [-0.1, -0.05) is 20.8 Å². The van der Waals surface area contributed by atoms with Crippen molar-refractivity contribution in [3.8, 4) is 18.2 Å². The minimum atomic E-state index is -1.88. The predicted octanol–water partition coefficient (Wildman–Crippen LogP) is 3.17. The van der Waals surface area contributed by atoms with Crippen LogP contribution < -0.4 is 0 Å². The predicted molar refractivity (Wildman–Crippen MR) is 69.3 cm³/mol. The molecule has 3 atom stereocenters. The first-order valence-corrected chi connectivity index (χ1v) is 7.23. The van der Waals surface area contributed by atoms with E-state index < -0.39 is 26.9 Å². The van der Waals surface area contributed by atoms with E-state index in [9.17, 15) is 0 Å². The molecule has 0 aromatic heterocycles. The molecule has 0 aliphatic heterocycles. The maximum Gasteiger partial charge on any atom is 0.336 e. The normalized spacial score (nSPS) is 16.4. The van der Waals surface area contributed by atoms with Crippen LogP contribution in [-0.2, 0) is 13.6 Å². The molecule has 0 saturated heterocycles. The number of nitrogens with zero attached hydrogens (tertiary/aromatic N) is 3. The van der Waals surface area contributed by atoms with Crippen LogP contribution in [0.15, 0.2) is 0 Å². The summed E-state index contributed by atoms with van der Waals surface area (Å²) in [5.41, 5.74) is 0. The zero-order valence-corrected chi connectivity index (χ0v) is 12.3. The van der Waals surface area contributed by atoms with Crippen molar-refractivity contribution in [3.05, 3.63) is 0 Å². The molecule has 0 aliphatic rings. The largest absolute Gasteiger partial charge is 0.336 e. The maximum absolute atomic E-state index is 8.87. The minimum absolute atomic E-state index is 0.481. The van der Waals surface area contributed by atoms with Crippen LogP contribution in [0.1, 0.15) is 40.0 Å². The van der Waals surface area contributed by atoms with Crippen LogP contribution in [0.5, 0.6) is 0 Å². The van der Waals surface area contributed by atoms with Crippen molar-refractivity contribution in [2.45, 2.75) is 58.3 Å². The third-order valence-corrected chi connectivity index (χ3v) is 3.46. The minimum Gasteiger partial charge on any atom is -0.293 e. The summed E-state index contributed by atoms with van der Waals surface area (Å²) in [5, 5.41) is 26.6. The molecular weight excluding hydrogens is 265 g/mol. The Bertz CT molecular complexity index is 315. The van der Waals surface area contributed by atoms with E-state index in [2.05, 4.69) is 0 Å². The van der Waals surface area contributed by atoms with Gasteiger partial charge in [-0.3, -0.25) is 13.6 Å². The molecule has 19 heavy (non-hydrogen) atoms. The second-order valence-electron chi connectivity index (χ2n) is 3.62. The highest BCUT2D eigenvalue weighted by molar-refractivity contribution is 7.41. The molecule has 104 valence electrons. The first kappa shape index (κ1) is 17.8. The number of nitriles is 3. The summed E-state index contributed by atoms with van der Waals surface area (Å²) in [4.78, 5) is 0. The number of hydrogen-bond acceptors (Lipinski definition) is 6. The summed E-state index contributed by atoms with van der Waals surface area (Å²) in [6, 6.07) is 5.91. The Morgan fingerprint density at radius 2 is 1.00 bits per heavy atom. The van der Waals surface area contributed by atoms with E-state index >= 15 is 0 Å². The van der Waals surface area contributed by atoms with Crippen molar-refractivity contribution in [3.63, 3.8) is 0 Å². The second-order valence-corrected chi connectivity index (χ2v) is 4.70. The van der Waals surface area contributed by atoms with E-state index in [0.717, 1.165) is 0 Å². The molecule has 0 aromatic carbocycles. The van der Waals surface area contributed by atoms with Crippen LogP contribution in [-0.4, -0.2) is 18.3 Å². The summed E-state index contributed by atoms with van der Waals surface area (Å²) < 4.78 is 16.1. The quantitative estimate of drug-likeness (QED) is 0.602. The highest BCUT2D eigenvalue weighted by Gasteiger charge is 2.25. The van der Waals surface area contributed by atoms with Crippen LogP contribution in [0.3, 0.4) is 0 Å². The fraction of sp³-hybridized carbons (Fsp3) is 0.750. The van der Waals surface area contributed by atoms with Gasteiger partial charge in [0.1, 0.15) is 0 Å². The molecule has 0 amide bonds. The third-order valence-electron chi connectivity index (χ3n) is 2.18. The average Bonchev–Trinajstić information content (AvgIpc) is 2.46. The molecule has 0 aromatic rings. The van der Waals surface area contributed by atoms with E-state index in [1.54, 1.807) is 20.8 Å². The van der Waals surface area contributed by atoms with Crippen molar-refractivity contribution < 1.29 is 13.6 Å². The number of hydrogen-bond donors (Lipinski definition) is 0. The standard InChI is InChI=1S/C12H18N3O3P/c1-4-10(7-13)16-19(17-11(5-2)8-14)18-12(6-3)9-15/h10-12H,4-6H2,1-3H3. The van der Waals surface area contributed by atoms with Crippen LogP contribution in [0.4, 0.5) is 0 Å². The zero-order valence-electron chi connectivity index (χ0n) is 11.4. The van der Waals surface area contributed by atoms with E-state index in [-0.39, 0.29) is 0 Å². The fourth-order valence-electron chi connectivity index (χ4n) is 0.954. The van der Waals surface area contributed by atoms with E-state index in [0.29, 0.717) is 19.3 Å². The Balaban J connectivity index is 4.69. The van der Waals surface area contributed by atoms with Crippen LogP contribution in [0.2, 0.25) is 0 Å². The molecule has 0 fully saturated rings. The molecule has 3 unspecified atom stereocenters. The lowest BCUT2D eigenvalue weighted by molar-refractivity contribution is 0.104. The zero-order chi connectivity index (χ0) is 14.7. The monoisotopic (exact) mass is 283 g/mol. The molecule has 0 radical (unpaired) electrons. The SMILES string of the molecule is CCC(C#N)OP(OC(C#N)CC)OC(C#N)CC. The van der Waals surface area contributed by atoms with Crippen LogP contribution in [0.25, 0.3) is 0 Å². The van der Waals surface area contributed by atoms with Gasteiger partial charge >= 0.3 is 8.60 Å². The summed E-state index contributed by atoms with van der Waals surface area (Å²) in [5.74, 6) is 0. The first-order chi connectivity index (χ1) is 9.14. The van der Waals surface area contributed by atoms with Gasteiger partial charge in [0.2, 0.25) is 0 Å². The smallest absolute Gasteiger partial charge is 0.293 e. The molecular formula is C12H18N3O3P. The van der Waals surface area contributed by atoms with Gasteiger partial charge in [-0.05, 0) is 19.3 Å². The molecule has 6 nitrogen and oxygen atoms in total. The van der Waals surface area contributed by atoms with Gasteiger partial charge in [0.05, 0.1) is 18.2 Å². The Morgan fingerprint density at radius 3 is 1.16 bits per heavy atom. The second kappa shape index (κ2) is 10.7. The molecule has 0 bridgehead atoms. The summed E-state index contributed by atoms with van der Waals surface area (Å²) >= 11 is 0. The molecule has 0 saturated carbocycles. The highest BCUT2D eigenvalue weighted by Crippen LogP contribution is 2.44. The van der Waals surface area contributed by atoms with Gasteiger partial charge in [-0.15, -0.1) is 0 Å². The van der Waals surface area contributed by atoms with Crippen molar-refractivity contribution in [1.29, 1.82) is 15.8 Å². The van der Waals surface area contributed by atoms with Crippen molar-refractivity contribution in [2.24, 2.45) is 0 Å². The van der Waals surface area contributed by atoms with Crippen molar-refractivity contribution >= 4 is 8.60 Å². The van der Waals surface area contributed by atoms with Crippen LogP contribution >= 0.6 is 8.60 Å². The highest BCUT2D eigenvalue weighted by atomic mass is 31.2. The van der Waals surface area contributed by atoms with Gasteiger partial charge in [0.25, 0.3) is 0 Å². The topological polar surface area (TPSA) is 99.1 Å². The van der Waals surface area contributed by atoms with Gasteiger partial charge in [0, 0.05) is 0 Å². The number of rotatable bonds is 9. The Labute approximate surface area is 115 Å². The molecule has 0 heterocycles. The molecule has 0 N–H and O–H groups in total. The Hall–Kier alpha value is -1.22. The molecule has 0 aliphatic carbocycles.